The van der Waals surface area contributed by atoms with Crippen LogP contribution >= 0.6 is 11.3 Å². The number of rotatable bonds is 5. The fraction of sp³-hybridized carbons (Fsp3) is 0.217. The minimum Gasteiger partial charge on any atom is -0.347 e. The zero-order valence-corrected chi connectivity index (χ0v) is 17.4. The first-order chi connectivity index (χ1) is 13.4. The van der Waals surface area contributed by atoms with Crippen LogP contribution in [0.1, 0.15) is 33.0 Å². The molecule has 0 bridgehead atoms. The van der Waals surface area contributed by atoms with E-state index >= 15 is 0 Å². The lowest BCUT2D eigenvalue weighted by Crippen LogP contribution is -2.23. The van der Waals surface area contributed by atoms with E-state index < -0.39 is 0 Å². The van der Waals surface area contributed by atoms with Gasteiger partial charge in [-0.25, -0.2) is 0 Å². The first-order valence-electron chi connectivity index (χ1n) is 9.09. The fourth-order valence-corrected chi connectivity index (χ4v) is 4.04. The molecule has 1 amide bonds. The Bertz CT molecular complexity index is 1060. The lowest BCUT2D eigenvalue weighted by atomic mass is 10.1. The number of hydrogen-bond acceptors (Lipinski definition) is 3. The van der Waals surface area contributed by atoms with Crippen molar-refractivity contribution in [3.63, 3.8) is 0 Å². The van der Waals surface area contributed by atoms with Gasteiger partial charge in [0, 0.05) is 22.0 Å². The summed E-state index contributed by atoms with van der Waals surface area (Å²) in [5.41, 5.74) is 6.53. The van der Waals surface area contributed by atoms with Crippen LogP contribution in [-0.4, -0.2) is 10.5 Å². The molecule has 1 aromatic carbocycles. The van der Waals surface area contributed by atoms with Gasteiger partial charge in [0.1, 0.15) is 11.6 Å². The van der Waals surface area contributed by atoms with E-state index in [-0.39, 0.29) is 11.5 Å². The summed E-state index contributed by atoms with van der Waals surface area (Å²) >= 11 is 1.58. The van der Waals surface area contributed by atoms with E-state index in [0.717, 1.165) is 27.5 Å². The van der Waals surface area contributed by atoms with Crippen molar-refractivity contribution in [2.45, 2.75) is 34.2 Å². The van der Waals surface area contributed by atoms with Gasteiger partial charge in [-0.15, -0.1) is 11.3 Å². The summed E-state index contributed by atoms with van der Waals surface area (Å²) in [6.07, 6.45) is 1.67. The van der Waals surface area contributed by atoms with Crippen LogP contribution < -0.4 is 5.32 Å². The second-order valence-corrected chi connectivity index (χ2v) is 7.97. The predicted molar refractivity (Wildman–Crippen MR) is 114 cm³/mol. The van der Waals surface area contributed by atoms with Crippen molar-refractivity contribution in [1.82, 2.24) is 9.88 Å². The van der Waals surface area contributed by atoms with Crippen LogP contribution in [0.25, 0.3) is 11.8 Å². The Labute approximate surface area is 169 Å². The van der Waals surface area contributed by atoms with Crippen molar-refractivity contribution in [3.05, 3.63) is 80.3 Å². The van der Waals surface area contributed by atoms with Crippen LogP contribution in [0.4, 0.5) is 0 Å². The Kier molecular flexibility index (Phi) is 5.81. The molecule has 0 spiro atoms. The van der Waals surface area contributed by atoms with Crippen molar-refractivity contribution >= 4 is 23.3 Å². The number of nitrogens with one attached hydrogen (secondary N) is 1. The fourth-order valence-electron chi connectivity index (χ4n) is 3.39. The minimum absolute atomic E-state index is 0.109. The molecule has 0 saturated carbocycles. The third-order valence-corrected chi connectivity index (χ3v) is 5.48. The maximum Gasteiger partial charge on any atom is 0.262 e. The van der Waals surface area contributed by atoms with Crippen molar-refractivity contribution in [3.8, 4) is 11.8 Å². The first-order valence-corrected chi connectivity index (χ1v) is 9.97. The highest BCUT2D eigenvalue weighted by Gasteiger charge is 2.14. The molecule has 4 nitrogen and oxygen atoms in total. The summed E-state index contributed by atoms with van der Waals surface area (Å²) in [4.78, 5) is 13.5. The molecular formula is C23H23N3OS. The van der Waals surface area contributed by atoms with E-state index in [1.165, 1.54) is 11.1 Å². The van der Waals surface area contributed by atoms with E-state index in [4.69, 9.17) is 0 Å². The van der Waals surface area contributed by atoms with Gasteiger partial charge in [0.05, 0.1) is 6.54 Å². The zero-order chi connectivity index (χ0) is 20.3. The largest absolute Gasteiger partial charge is 0.347 e. The van der Waals surface area contributed by atoms with Crippen LogP contribution in [0, 0.1) is 39.0 Å². The molecule has 0 aliphatic rings. The maximum absolute atomic E-state index is 12.4. The molecule has 28 heavy (non-hydrogen) atoms. The van der Waals surface area contributed by atoms with Crippen molar-refractivity contribution in [2.24, 2.45) is 0 Å². The van der Waals surface area contributed by atoms with Crippen LogP contribution in [0.3, 0.4) is 0 Å². The molecule has 0 aliphatic heterocycles. The molecule has 0 fully saturated rings. The number of amides is 1. The van der Waals surface area contributed by atoms with E-state index in [1.54, 1.807) is 17.4 Å². The van der Waals surface area contributed by atoms with E-state index in [0.29, 0.717) is 6.54 Å². The highest BCUT2D eigenvalue weighted by Crippen LogP contribution is 2.24. The van der Waals surface area contributed by atoms with Gasteiger partial charge in [0.15, 0.2) is 0 Å². The molecule has 1 N–H and O–H groups in total. The predicted octanol–water partition coefficient (Wildman–Crippen LogP) is 5.00. The number of nitriles is 1. The van der Waals surface area contributed by atoms with Crippen LogP contribution in [0.15, 0.2) is 47.4 Å². The SMILES string of the molecule is Cc1cc(C)cc(-n2c(C)cc(/C=C(\C#N)C(=O)NCc3cccs3)c2C)c1. The smallest absolute Gasteiger partial charge is 0.262 e. The summed E-state index contributed by atoms with van der Waals surface area (Å²) in [6.45, 7) is 8.63. The molecule has 0 atom stereocenters. The number of aromatic nitrogens is 1. The summed E-state index contributed by atoms with van der Waals surface area (Å²) in [7, 11) is 0. The third kappa shape index (κ3) is 4.24. The number of nitrogens with zero attached hydrogens (tertiary/aromatic N) is 2. The van der Waals surface area contributed by atoms with Crippen molar-refractivity contribution in [1.29, 1.82) is 5.26 Å². The standard InChI is InChI=1S/C23H23N3OS/c1-15-8-16(2)10-21(9-15)26-17(3)11-19(18(26)4)12-20(13-24)23(27)25-14-22-6-5-7-28-22/h5-12H,14H2,1-4H3,(H,25,27)/b20-12+. The van der Waals surface area contributed by atoms with E-state index in [2.05, 4.69) is 41.9 Å². The second-order valence-electron chi connectivity index (χ2n) is 6.94. The summed E-state index contributed by atoms with van der Waals surface area (Å²) in [6, 6.07) is 14.4. The Morgan fingerprint density at radius 1 is 1.18 bits per heavy atom. The molecule has 3 aromatic rings. The second kappa shape index (κ2) is 8.28. The Balaban J connectivity index is 1.90. The summed E-state index contributed by atoms with van der Waals surface area (Å²) in [5, 5.41) is 14.3. The summed E-state index contributed by atoms with van der Waals surface area (Å²) < 4.78 is 2.16. The molecule has 0 aliphatic carbocycles. The molecule has 5 heteroatoms. The minimum atomic E-state index is -0.355. The van der Waals surface area contributed by atoms with Gasteiger partial charge in [-0.3, -0.25) is 4.79 Å². The number of carbonyl (C=O) groups excluding carboxylic acids is 1. The molecule has 3 rings (SSSR count). The normalized spacial score (nSPS) is 11.3. The van der Waals surface area contributed by atoms with Crippen LogP contribution in [0.2, 0.25) is 0 Å². The number of thiophene rings is 1. The van der Waals surface area contributed by atoms with Gasteiger partial charge >= 0.3 is 0 Å². The van der Waals surface area contributed by atoms with Crippen LogP contribution in [-0.2, 0) is 11.3 Å². The average Bonchev–Trinajstić information content (AvgIpc) is 3.24. The Morgan fingerprint density at radius 2 is 1.89 bits per heavy atom. The quantitative estimate of drug-likeness (QED) is 0.493. The Hall–Kier alpha value is -3.10. The molecule has 0 radical (unpaired) electrons. The monoisotopic (exact) mass is 389 g/mol. The number of hydrogen-bond donors (Lipinski definition) is 1. The lowest BCUT2D eigenvalue weighted by molar-refractivity contribution is -0.117. The molecule has 0 saturated heterocycles. The van der Waals surface area contributed by atoms with Gasteiger partial charge in [-0.1, -0.05) is 12.1 Å². The van der Waals surface area contributed by atoms with Crippen LogP contribution in [0.5, 0.6) is 0 Å². The van der Waals surface area contributed by atoms with E-state index in [9.17, 15) is 10.1 Å². The zero-order valence-electron chi connectivity index (χ0n) is 16.5. The highest BCUT2D eigenvalue weighted by atomic mass is 32.1. The number of carbonyl (C=O) groups is 1. The maximum atomic E-state index is 12.4. The lowest BCUT2D eigenvalue weighted by Gasteiger charge is -2.12. The van der Waals surface area contributed by atoms with E-state index in [1.807, 2.05) is 43.5 Å². The molecule has 0 unspecified atom stereocenters. The Morgan fingerprint density at radius 3 is 2.50 bits per heavy atom. The third-order valence-electron chi connectivity index (χ3n) is 4.60. The summed E-state index contributed by atoms with van der Waals surface area (Å²) in [5.74, 6) is -0.355. The first kappa shape index (κ1) is 19.7. The average molecular weight is 390 g/mol. The molecule has 142 valence electrons. The number of benzene rings is 1. The highest BCUT2D eigenvalue weighted by molar-refractivity contribution is 7.09. The van der Waals surface area contributed by atoms with Gasteiger partial charge in [-0.2, -0.15) is 5.26 Å². The molecular weight excluding hydrogens is 366 g/mol. The van der Waals surface area contributed by atoms with Gasteiger partial charge in [-0.05, 0) is 80.1 Å². The van der Waals surface area contributed by atoms with Gasteiger partial charge in [0.2, 0.25) is 0 Å². The van der Waals surface area contributed by atoms with Crippen molar-refractivity contribution in [2.75, 3.05) is 0 Å². The number of aryl methyl sites for hydroxylation is 3. The van der Waals surface area contributed by atoms with Crippen molar-refractivity contribution < 1.29 is 4.79 Å². The van der Waals surface area contributed by atoms with Gasteiger partial charge < -0.3 is 9.88 Å². The topological polar surface area (TPSA) is 57.8 Å². The van der Waals surface area contributed by atoms with Gasteiger partial charge in [0.25, 0.3) is 5.91 Å². The molecule has 2 aromatic heterocycles. The molecule has 2 heterocycles.